The first-order valence-corrected chi connectivity index (χ1v) is 8.90. The van der Waals surface area contributed by atoms with Crippen molar-refractivity contribution >= 4 is 22.6 Å². The van der Waals surface area contributed by atoms with E-state index in [9.17, 15) is 8.42 Å². The summed E-state index contributed by atoms with van der Waals surface area (Å²) in [6.45, 7) is 5.48. The van der Waals surface area contributed by atoms with Crippen LogP contribution in [0, 0.1) is 11.3 Å². The molecule has 7 heteroatoms. The zero-order valence-corrected chi connectivity index (χ0v) is 13.7. The van der Waals surface area contributed by atoms with E-state index in [2.05, 4.69) is 17.0 Å². The average Bonchev–Trinajstić information content (AvgIpc) is 3.00. The van der Waals surface area contributed by atoms with Gasteiger partial charge in [0.2, 0.25) is 0 Å². The van der Waals surface area contributed by atoms with E-state index in [1.807, 2.05) is 0 Å². The SMILES string of the molecule is CC1(CNS(=O)(=O)N2CC3CCC2C3)CCNCC1.Cl. The average molecular weight is 324 g/mol. The Bertz CT molecular complexity index is 437. The van der Waals surface area contributed by atoms with Crippen LogP contribution in [-0.4, -0.2) is 44.9 Å². The predicted molar refractivity (Wildman–Crippen MR) is 82.2 cm³/mol. The lowest BCUT2D eigenvalue weighted by Crippen LogP contribution is -2.49. The molecule has 3 aliphatic rings. The third-order valence-electron chi connectivity index (χ3n) is 5.16. The van der Waals surface area contributed by atoms with Crippen LogP contribution in [0.5, 0.6) is 0 Å². The molecule has 1 aliphatic carbocycles. The Hall–Kier alpha value is 0.120. The van der Waals surface area contributed by atoms with Crippen molar-refractivity contribution in [2.45, 2.75) is 45.1 Å². The van der Waals surface area contributed by atoms with Gasteiger partial charge in [0, 0.05) is 19.1 Å². The van der Waals surface area contributed by atoms with E-state index < -0.39 is 10.2 Å². The molecule has 118 valence electrons. The molecule has 2 N–H and O–H groups in total. The molecule has 2 aliphatic heterocycles. The van der Waals surface area contributed by atoms with E-state index in [4.69, 9.17) is 0 Å². The fraction of sp³-hybridized carbons (Fsp3) is 1.00. The molecule has 0 spiro atoms. The highest BCUT2D eigenvalue weighted by molar-refractivity contribution is 7.87. The van der Waals surface area contributed by atoms with Gasteiger partial charge in [-0.15, -0.1) is 12.4 Å². The van der Waals surface area contributed by atoms with Crippen molar-refractivity contribution in [3.05, 3.63) is 0 Å². The number of halogens is 1. The molecule has 3 rings (SSSR count). The lowest BCUT2D eigenvalue weighted by molar-refractivity contribution is 0.229. The summed E-state index contributed by atoms with van der Waals surface area (Å²) in [5.74, 6) is 0.607. The lowest BCUT2D eigenvalue weighted by Gasteiger charge is -2.35. The Labute approximate surface area is 128 Å². The van der Waals surface area contributed by atoms with Crippen LogP contribution in [-0.2, 0) is 10.2 Å². The molecule has 2 unspecified atom stereocenters. The van der Waals surface area contributed by atoms with Crippen molar-refractivity contribution in [1.82, 2.24) is 14.3 Å². The fourth-order valence-electron chi connectivity index (χ4n) is 3.73. The molecule has 0 aromatic carbocycles. The van der Waals surface area contributed by atoms with E-state index in [0.717, 1.165) is 45.3 Å². The van der Waals surface area contributed by atoms with Crippen LogP contribution in [0.1, 0.15) is 39.0 Å². The van der Waals surface area contributed by atoms with Crippen LogP contribution in [0.15, 0.2) is 0 Å². The Morgan fingerprint density at radius 2 is 2.00 bits per heavy atom. The van der Waals surface area contributed by atoms with E-state index >= 15 is 0 Å². The van der Waals surface area contributed by atoms with E-state index in [1.54, 1.807) is 4.31 Å². The molecule has 0 aromatic heterocycles. The van der Waals surface area contributed by atoms with E-state index in [0.29, 0.717) is 12.5 Å². The van der Waals surface area contributed by atoms with Crippen molar-refractivity contribution < 1.29 is 8.42 Å². The summed E-state index contributed by atoms with van der Waals surface area (Å²) in [4.78, 5) is 0. The van der Waals surface area contributed by atoms with Crippen molar-refractivity contribution in [2.75, 3.05) is 26.2 Å². The van der Waals surface area contributed by atoms with Gasteiger partial charge in [0.25, 0.3) is 10.2 Å². The quantitative estimate of drug-likeness (QED) is 0.815. The van der Waals surface area contributed by atoms with E-state index in [1.165, 1.54) is 6.42 Å². The van der Waals surface area contributed by atoms with Crippen molar-refractivity contribution in [2.24, 2.45) is 11.3 Å². The fourth-order valence-corrected chi connectivity index (χ4v) is 5.42. The van der Waals surface area contributed by atoms with Gasteiger partial charge in [-0.3, -0.25) is 0 Å². The molecule has 2 atom stereocenters. The van der Waals surface area contributed by atoms with Gasteiger partial charge < -0.3 is 5.32 Å². The second kappa shape index (κ2) is 6.08. The number of nitrogens with zero attached hydrogens (tertiary/aromatic N) is 1. The summed E-state index contributed by atoms with van der Waals surface area (Å²) in [6.07, 6.45) is 5.41. The topological polar surface area (TPSA) is 61.4 Å². The summed E-state index contributed by atoms with van der Waals surface area (Å²) < 4.78 is 29.4. The highest BCUT2D eigenvalue weighted by atomic mass is 35.5. The number of fused-ring (bicyclic) bond motifs is 2. The zero-order chi connectivity index (χ0) is 13.5. The second-order valence-corrected chi connectivity index (χ2v) is 8.50. The monoisotopic (exact) mass is 323 g/mol. The van der Waals surface area contributed by atoms with Crippen LogP contribution in [0.25, 0.3) is 0 Å². The summed E-state index contributed by atoms with van der Waals surface area (Å²) in [6, 6.07) is 0.267. The standard InChI is InChI=1S/C13H25N3O2S.ClH/c1-13(4-6-14-7-5-13)10-15-19(17,18)16-9-11-2-3-12(16)8-11;/h11-12,14-15H,2-10H2,1H3;1H. The maximum Gasteiger partial charge on any atom is 0.279 e. The number of rotatable bonds is 4. The minimum atomic E-state index is -3.27. The largest absolute Gasteiger partial charge is 0.317 e. The van der Waals surface area contributed by atoms with Gasteiger partial charge in [-0.25, -0.2) is 4.72 Å². The van der Waals surface area contributed by atoms with Gasteiger partial charge >= 0.3 is 0 Å². The molecule has 5 nitrogen and oxygen atoms in total. The third-order valence-corrected chi connectivity index (χ3v) is 6.73. The first kappa shape index (κ1) is 16.5. The van der Waals surface area contributed by atoms with Gasteiger partial charge in [0.1, 0.15) is 0 Å². The van der Waals surface area contributed by atoms with Crippen LogP contribution < -0.4 is 10.0 Å². The molecular formula is C13H26ClN3O2S. The van der Waals surface area contributed by atoms with Crippen LogP contribution in [0.4, 0.5) is 0 Å². The van der Waals surface area contributed by atoms with Gasteiger partial charge in [0.15, 0.2) is 0 Å². The molecule has 2 saturated heterocycles. The smallest absolute Gasteiger partial charge is 0.279 e. The Morgan fingerprint density at radius 1 is 1.30 bits per heavy atom. The number of nitrogens with one attached hydrogen (secondary N) is 2. The maximum atomic E-state index is 12.4. The van der Waals surface area contributed by atoms with Crippen LogP contribution in [0.3, 0.4) is 0 Å². The number of hydrogen-bond donors (Lipinski definition) is 2. The van der Waals surface area contributed by atoms with Gasteiger partial charge in [-0.05, 0) is 56.5 Å². The minimum Gasteiger partial charge on any atom is -0.317 e. The molecular weight excluding hydrogens is 298 g/mol. The Balaban J connectivity index is 0.00000147. The summed E-state index contributed by atoms with van der Waals surface area (Å²) in [7, 11) is -3.27. The molecule has 3 fully saturated rings. The lowest BCUT2D eigenvalue weighted by atomic mass is 9.81. The first-order valence-electron chi connectivity index (χ1n) is 7.46. The van der Waals surface area contributed by atoms with E-state index in [-0.39, 0.29) is 23.9 Å². The van der Waals surface area contributed by atoms with Crippen LogP contribution in [0.2, 0.25) is 0 Å². The summed E-state index contributed by atoms with van der Waals surface area (Å²) >= 11 is 0. The zero-order valence-electron chi connectivity index (χ0n) is 12.1. The molecule has 2 heterocycles. The second-order valence-electron chi connectivity index (χ2n) is 6.79. The highest BCUT2D eigenvalue weighted by Crippen LogP contribution is 2.38. The molecule has 0 radical (unpaired) electrons. The summed E-state index contributed by atoms with van der Waals surface area (Å²) in [5.41, 5.74) is 0.108. The van der Waals surface area contributed by atoms with Gasteiger partial charge in [0.05, 0.1) is 0 Å². The molecule has 2 bridgehead atoms. The Kier molecular flexibility index (Phi) is 5.02. The molecule has 0 aromatic rings. The predicted octanol–water partition coefficient (Wildman–Crippen LogP) is 1.12. The van der Waals surface area contributed by atoms with Crippen molar-refractivity contribution in [1.29, 1.82) is 0 Å². The normalized spacial score (nSPS) is 33.0. The number of piperidine rings is 2. The molecule has 1 saturated carbocycles. The van der Waals surface area contributed by atoms with Gasteiger partial charge in [-0.1, -0.05) is 6.92 Å². The van der Waals surface area contributed by atoms with Crippen molar-refractivity contribution in [3.8, 4) is 0 Å². The number of hydrogen-bond acceptors (Lipinski definition) is 3. The summed E-state index contributed by atoms with van der Waals surface area (Å²) in [5, 5.41) is 3.33. The minimum absolute atomic E-state index is 0. The Morgan fingerprint density at radius 3 is 2.55 bits per heavy atom. The third kappa shape index (κ3) is 3.30. The maximum absolute atomic E-state index is 12.4. The van der Waals surface area contributed by atoms with Gasteiger partial charge in [-0.2, -0.15) is 12.7 Å². The first-order chi connectivity index (χ1) is 8.99. The van der Waals surface area contributed by atoms with Crippen LogP contribution >= 0.6 is 12.4 Å². The molecule has 20 heavy (non-hydrogen) atoms. The molecule has 0 amide bonds. The highest BCUT2D eigenvalue weighted by Gasteiger charge is 2.44. The van der Waals surface area contributed by atoms with Crippen molar-refractivity contribution in [3.63, 3.8) is 0 Å².